The highest BCUT2D eigenvalue weighted by atomic mass is 35.5. The summed E-state index contributed by atoms with van der Waals surface area (Å²) in [6.07, 6.45) is 0.548. The SMILES string of the molecule is CN1CCNC(CC(=O)c2ccc(Cl)cc2)C1. The molecule has 3 nitrogen and oxygen atoms in total. The summed E-state index contributed by atoms with van der Waals surface area (Å²) in [6.45, 7) is 2.93. The van der Waals surface area contributed by atoms with Gasteiger partial charge in [-0.25, -0.2) is 0 Å². The Labute approximate surface area is 107 Å². The van der Waals surface area contributed by atoms with Gasteiger partial charge in [0.1, 0.15) is 0 Å². The molecule has 4 heteroatoms. The van der Waals surface area contributed by atoms with Crippen molar-refractivity contribution < 1.29 is 4.79 Å². The predicted octanol–water partition coefficient (Wildman–Crippen LogP) is 1.82. The van der Waals surface area contributed by atoms with Crippen LogP contribution in [-0.2, 0) is 0 Å². The molecule has 1 N–H and O–H groups in total. The van der Waals surface area contributed by atoms with E-state index in [1.54, 1.807) is 24.3 Å². The number of nitrogens with one attached hydrogen (secondary N) is 1. The van der Waals surface area contributed by atoms with E-state index in [-0.39, 0.29) is 11.8 Å². The highest BCUT2D eigenvalue weighted by Crippen LogP contribution is 2.12. The average Bonchev–Trinajstić information content (AvgIpc) is 2.29. The monoisotopic (exact) mass is 252 g/mol. The molecule has 0 aromatic heterocycles. The minimum Gasteiger partial charge on any atom is -0.311 e. The molecule has 1 saturated heterocycles. The highest BCUT2D eigenvalue weighted by Gasteiger charge is 2.19. The Bertz CT molecular complexity index is 391. The average molecular weight is 253 g/mol. The van der Waals surface area contributed by atoms with Gasteiger partial charge in [0.25, 0.3) is 0 Å². The molecule has 0 amide bonds. The fourth-order valence-corrected chi connectivity index (χ4v) is 2.23. The van der Waals surface area contributed by atoms with Gasteiger partial charge in [-0.1, -0.05) is 11.6 Å². The Morgan fingerprint density at radius 2 is 2.18 bits per heavy atom. The smallest absolute Gasteiger partial charge is 0.164 e. The van der Waals surface area contributed by atoms with E-state index in [0.29, 0.717) is 11.4 Å². The lowest BCUT2D eigenvalue weighted by atomic mass is 10.0. The summed E-state index contributed by atoms with van der Waals surface area (Å²) in [5.74, 6) is 0.175. The molecule has 0 bridgehead atoms. The van der Waals surface area contributed by atoms with Crippen molar-refractivity contribution in [1.29, 1.82) is 0 Å². The van der Waals surface area contributed by atoms with Crippen LogP contribution >= 0.6 is 11.6 Å². The van der Waals surface area contributed by atoms with Gasteiger partial charge >= 0.3 is 0 Å². The van der Waals surface area contributed by atoms with Crippen molar-refractivity contribution in [3.63, 3.8) is 0 Å². The van der Waals surface area contributed by atoms with Gasteiger partial charge in [-0.15, -0.1) is 0 Å². The summed E-state index contributed by atoms with van der Waals surface area (Å²) in [4.78, 5) is 14.3. The summed E-state index contributed by atoms with van der Waals surface area (Å²) < 4.78 is 0. The summed E-state index contributed by atoms with van der Waals surface area (Å²) in [7, 11) is 2.08. The van der Waals surface area contributed by atoms with Gasteiger partial charge in [-0.3, -0.25) is 4.79 Å². The summed E-state index contributed by atoms with van der Waals surface area (Å²) in [5.41, 5.74) is 0.740. The maximum Gasteiger partial charge on any atom is 0.164 e. The number of likely N-dealkylation sites (N-methyl/N-ethyl adjacent to an activating group) is 1. The number of hydrogen-bond acceptors (Lipinski definition) is 3. The molecule has 92 valence electrons. The third-order valence-corrected chi connectivity index (χ3v) is 3.31. The van der Waals surface area contributed by atoms with Gasteiger partial charge < -0.3 is 10.2 Å². The zero-order valence-corrected chi connectivity index (χ0v) is 10.7. The van der Waals surface area contributed by atoms with E-state index >= 15 is 0 Å². The number of hydrogen-bond donors (Lipinski definition) is 1. The van der Waals surface area contributed by atoms with Crippen molar-refractivity contribution in [3.8, 4) is 0 Å². The topological polar surface area (TPSA) is 32.3 Å². The zero-order valence-electron chi connectivity index (χ0n) is 9.95. The number of Topliss-reactive ketones (excluding diaryl/α,β-unsaturated/α-hetero) is 1. The van der Waals surface area contributed by atoms with Gasteiger partial charge in [0, 0.05) is 42.7 Å². The first-order chi connectivity index (χ1) is 8.15. The molecular formula is C13H17ClN2O. The molecule has 1 unspecified atom stereocenters. The molecule has 0 aliphatic carbocycles. The summed E-state index contributed by atoms with van der Waals surface area (Å²) in [6, 6.07) is 7.36. The van der Waals surface area contributed by atoms with Crippen molar-refractivity contribution in [2.45, 2.75) is 12.5 Å². The molecule has 1 atom stereocenters. The molecule has 1 fully saturated rings. The maximum atomic E-state index is 12.0. The van der Waals surface area contributed by atoms with E-state index < -0.39 is 0 Å². The first-order valence-corrected chi connectivity index (χ1v) is 6.23. The Kier molecular flexibility index (Phi) is 4.15. The lowest BCUT2D eigenvalue weighted by molar-refractivity contribution is 0.0952. The molecular weight excluding hydrogens is 236 g/mol. The Balaban J connectivity index is 1.94. The molecule has 0 radical (unpaired) electrons. The highest BCUT2D eigenvalue weighted by molar-refractivity contribution is 6.30. The van der Waals surface area contributed by atoms with Crippen molar-refractivity contribution >= 4 is 17.4 Å². The van der Waals surface area contributed by atoms with Gasteiger partial charge in [0.05, 0.1) is 0 Å². The Morgan fingerprint density at radius 3 is 2.82 bits per heavy atom. The predicted molar refractivity (Wildman–Crippen MR) is 69.7 cm³/mol. The minimum absolute atomic E-state index is 0.175. The van der Waals surface area contributed by atoms with Gasteiger partial charge in [-0.05, 0) is 31.3 Å². The van der Waals surface area contributed by atoms with E-state index in [2.05, 4.69) is 17.3 Å². The molecule has 0 spiro atoms. The lowest BCUT2D eigenvalue weighted by Crippen LogP contribution is -2.49. The molecule has 1 aliphatic rings. The van der Waals surface area contributed by atoms with E-state index in [1.165, 1.54) is 0 Å². The van der Waals surface area contributed by atoms with E-state index in [9.17, 15) is 4.79 Å². The van der Waals surface area contributed by atoms with Crippen molar-refractivity contribution in [3.05, 3.63) is 34.9 Å². The second kappa shape index (κ2) is 5.63. The van der Waals surface area contributed by atoms with Crippen LogP contribution in [0.4, 0.5) is 0 Å². The lowest BCUT2D eigenvalue weighted by Gasteiger charge is -2.30. The van der Waals surface area contributed by atoms with Gasteiger partial charge in [0.15, 0.2) is 5.78 Å². The number of carbonyl (C=O) groups is 1. The number of rotatable bonds is 3. The van der Waals surface area contributed by atoms with Crippen LogP contribution in [0, 0.1) is 0 Å². The third-order valence-electron chi connectivity index (χ3n) is 3.06. The number of carbonyl (C=O) groups excluding carboxylic acids is 1. The van der Waals surface area contributed by atoms with E-state index in [0.717, 1.165) is 25.2 Å². The second-order valence-corrected chi connectivity index (χ2v) is 4.98. The molecule has 1 aromatic carbocycles. The second-order valence-electron chi connectivity index (χ2n) is 4.55. The normalized spacial score (nSPS) is 21.4. The third kappa shape index (κ3) is 3.53. The van der Waals surface area contributed by atoms with Crippen LogP contribution in [0.15, 0.2) is 24.3 Å². The van der Waals surface area contributed by atoms with Crippen molar-refractivity contribution in [2.75, 3.05) is 26.7 Å². The number of halogens is 1. The van der Waals surface area contributed by atoms with Gasteiger partial charge in [0.2, 0.25) is 0 Å². The van der Waals surface area contributed by atoms with Crippen LogP contribution in [0.1, 0.15) is 16.8 Å². The fraction of sp³-hybridized carbons (Fsp3) is 0.462. The van der Waals surface area contributed by atoms with Crippen molar-refractivity contribution in [1.82, 2.24) is 10.2 Å². The van der Waals surface area contributed by atoms with Gasteiger partial charge in [-0.2, -0.15) is 0 Å². The first-order valence-electron chi connectivity index (χ1n) is 5.86. The Hall–Kier alpha value is -0.900. The zero-order chi connectivity index (χ0) is 12.3. The molecule has 2 rings (SSSR count). The molecule has 0 saturated carbocycles. The number of ketones is 1. The quantitative estimate of drug-likeness (QED) is 0.833. The molecule has 1 aliphatic heterocycles. The largest absolute Gasteiger partial charge is 0.311 e. The standard InChI is InChI=1S/C13H17ClN2O/c1-16-7-6-15-12(9-16)8-13(17)10-2-4-11(14)5-3-10/h2-5,12,15H,6-9H2,1H3. The molecule has 17 heavy (non-hydrogen) atoms. The van der Waals surface area contributed by atoms with Crippen LogP contribution in [0.2, 0.25) is 5.02 Å². The summed E-state index contributed by atoms with van der Waals surface area (Å²) in [5, 5.41) is 4.04. The molecule has 1 heterocycles. The van der Waals surface area contributed by atoms with Crippen LogP contribution in [0.5, 0.6) is 0 Å². The van der Waals surface area contributed by atoms with Crippen molar-refractivity contribution in [2.24, 2.45) is 0 Å². The van der Waals surface area contributed by atoms with Crippen LogP contribution in [-0.4, -0.2) is 43.4 Å². The van der Waals surface area contributed by atoms with Crippen LogP contribution < -0.4 is 5.32 Å². The number of nitrogens with zero attached hydrogens (tertiary/aromatic N) is 1. The Morgan fingerprint density at radius 1 is 1.47 bits per heavy atom. The molecule has 1 aromatic rings. The van der Waals surface area contributed by atoms with E-state index in [1.807, 2.05) is 0 Å². The van der Waals surface area contributed by atoms with E-state index in [4.69, 9.17) is 11.6 Å². The van der Waals surface area contributed by atoms with Crippen LogP contribution in [0.25, 0.3) is 0 Å². The van der Waals surface area contributed by atoms with Crippen LogP contribution in [0.3, 0.4) is 0 Å². The minimum atomic E-state index is 0.175. The number of piperazine rings is 1. The summed E-state index contributed by atoms with van der Waals surface area (Å²) >= 11 is 5.80. The fourth-order valence-electron chi connectivity index (χ4n) is 2.11. The number of benzene rings is 1. The maximum absolute atomic E-state index is 12.0. The first kappa shape index (κ1) is 12.6.